The summed E-state index contributed by atoms with van der Waals surface area (Å²) in [7, 11) is 0. The molecule has 0 saturated heterocycles. The number of benzene rings is 2. The Bertz CT molecular complexity index is 846. The van der Waals surface area contributed by atoms with Crippen molar-refractivity contribution in [1.29, 1.82) is 0 Å². The largest absolute Gasteiger partial charge is 0.507 e. The lowest BCUT2D eigenvalue weighted by molar-refractivity contribution is -0.384. The lowest BCUT2D eigenvalue weighted by atomic mass is 10.1. The van der Waals surface area contributed by atoms with Crippen molar-refractivity contribution in [2.75, 3.05) is 0 Å². The Kier molecular flexibility index (Phi) is 4.37. The first kappa shape index (κ1) is 15.5. The molecule has 1 aliphatic rings. The molecule has 120 valence electrons. The Balaban J connectivity index is 1.71. The molecule has 2 aromatic rings. The fourth-order valence-electron chi connectivity index (χ4n) is 2.23. The molecule has 0 spiro atoms. The number of phenols is 1. The van der Waals surface area contributed by atoms with E-state index < -0.39 is 4.92 Å². The molecular formula is C16H13N5O3. The normalized spacial score (nSPS) is 18.5. The van der Waals surface area contributed by atoms with E-state index >= 15 is 0 Å². The van der Waals surface area contributed by atoms with Gasteiger partial charge in [-0.3, -0.25) is 10.1 Å². The van der Waals surface area contributed by atoms with Gasteiger partial charge in [-0.05, 0) is 11.6 Å². The van der Waals surface area contributed by atoms with Crippen molar-refractivity contribution in [3.63, 3.8) is 0 Å². The quantitative estimate of drug-likeness (QED) is 0.526. The van der Waals surface area contributed by atoms with Crippen molar-refractivity contribution in [3.8, 4) is 5.75 Å². The summed E-state index contributed by atoms with van der Waals surface area (Å²) in [5.41, 5.74) is 1.13. The number of azo groups is 1. The molecule has 24 heavy (non-hydrogen) atoms. The van der Waals surface area contributed by atoms with E-state index in [1.54, 1.807) is 0 Å². The number of nitro groups is 1. The third kappa shape index (κ3) is 3.49. The van der Waals surface area contributed by atoms with E-state index in [9.17, 15) is 15.2 Å². The number of hydrogen-bond acceptors (Lipinski definition) is 6. The fraction of sp³-hybridized carbons (Fsp3) is 0.125. The molecule has 0 unspecified atom stereocenters. The molecule has 0 radical (unpaired) electrons. The Labute approximate surface area is 137 Å². The number of phenolic OH excluding ortho intramolecular Hbond substituents is 1. The third-order valence-corrected chi connectivity index (χ3v) is 3.46. The lowest BCUT2D eigenvalue weighted by Gasteiger charge is -2.02. The third-order valence-electron chi connectivity index (χ3n) is 3.46. The van der Waals surface area contributed by atoms with Gasteiger partial charge in [0.2, 0.25) is 0 Å². The van der Waals surface area contributed by atoms with Crippen LogP contribution in [0.4, 0.5) is 5.69 Å². The molecule has 0 aromatic heterocycles. The fourth-order valence-corrected chi connectivity index (χ4v) is 2.23. The van der Waals surface area contributed by atoms with Gasteiger partial charge in [-0.15, -0.1) is 10.2 Å². The zero-order chi connectivity index (χ0) is 16.9. The van der Waals surface area contributed by atoms with Crippen LogP contribution in [0.3, 0.4) is 0 Å². The topological polar surface area (TPSA) is 113 Å². The molecule has 0 fully saturated rings. The minimum atomic E-state index is -0.543. The summed E-state index contributed by atoms with van der Waals surface area (Å²) < 4.78 is 0. The SMILES string of the molecule is O=[N+]([O-])c1ccc(O)c(/C=N/N=C2\C[C@H](c3ccccc3)N=N2)c1. The average Bonchev–Trinajstić information content (AvgIpc) is 3.06. The number of nitrogens with zero attached hydrogens (tertiary/aromatic N) is 5. The van der Waals surface area contributed by atoms with Gasteiger partial charge in [0, 0.05) is 24.1 Å². The maximum Gasteiger partial charge on any atom is 0.270 e. The zero-order valence-electron chi connectivity index (χ0n) is 12.5. The highest BCUT2D eigenvalue weighted by atomic mass is 16.6. The zero-order valence-corrected chi connectivity index (χ0v) is 12.5. The summed E-state index contributed by atoms with van der Waals surface area (Å²) in [6, 6.07) is 13.3. The van der Waals surface area contributed by atoms with Crippen molar-refractivity contribution in [1.82, 2.24) is 0 Å². The second kappa shape index (κ2) is 6.78. The van der Waals surface area contributed by atoms with Gasteiger partial charge in [0.1, 0.15) is 11.8 Å². The van der Waals surface area contributed by atoms with Crippen LogP contribution in [-0.4, -0.2) is 22.1 Å². The van der Waals surface area contributed by atoms with Crippen LogP contribution in [0.2, 0.25) is 0 Å². The molecule has 0 bridgehead atoms. The molecule has 0 aliphatic carbocycles. The van der Waals surface area contributed by atoms with Crippen LogP contribution in [0.5, 0.6) is 5.75 Å². The van der Waals surface area contributed by atoms with Crippen LogP contribution < -0.4 is 0 Å². The molecule has 0 saturated carbocycles. The predicted octanol–water partition coefficient (Wildman–Crippen LogP) is 3.63. The van der Waals surface area contributed by atoms with E-state index in [0.29, 0.717) is 12.3 Å². The van der Waals surface area contributed by atoms with Gasteiger partial charge in [0.25, 0.3) is 5.69 Å². The lowest BCUT2D eigenvalue weighted by Crippen LogP contribution is -1.95. The minimum Gasteiger partial charge on any atom is -0.507 e. The summed E-state index contributed by atoms with van der Waals surface area (Å²) in [5, 5.41) is 36.4. The number of amidine groups is 1. The highest BCUT2D eigenvalue weighted by Gasteiger charge is 2.19. The van der Waals surface area contributed by atoms with Gasteiger partial charge in [0.15, 0.2) is 5.84 Å². The molecule has 8 heteroatoms. The number of nitro benzene ring substituents is 1. The van der Waals surface area contributed by atoms with Crippen molar-refractivity contribution in [3.05, 3.63) is 69.8 Å². The van der Waals surface area contributed by atoms with Gasteiger partial charge < -0.3 is 5.11 Å². The second-order valence-electron chi connectivity index (χ2n) is 5.11. The van der Waals surface area contributed by atoms with Gasteiger partial charge >= 0.3 is 0 Å². The van der Waals surface area contributed by atoms with E-state index in [1.807, 2.05) is 30.3 Å². The summed E-state index contributed by atoms with van der Waals surface area (Å²) in [5.74, 6) is 0.352. The van der Waals surface area contributed by atoms with Crippen molar-refractivity contribution >= 4 is 17.7 Å². The summed E-state index contributed by atoms with van der Waals surface area (Å²) >= 11 is 0. The summed E-state index contributed by atoms with van der Waals surface area (Å²) in [6.07, 6.45) is 1.78. The number of aromatic hydroxyl groups is 1. The molecule has 0 amide bonds. The summed E-state index contributed by atoms with van der Waals surface area (Å²) in [6.45, 7) is 0. The maximum absolute atomic E-state index is 10.7. The van der Waals surface area contributed by atoms with Crippen molar-refractivity contribution in [2.45, 2.75) is 12.5 Å². The van der Waals surface area contributed by atoms with E-state index in [1.165, 1.54) is 24.4 Å². The molecule has 1 heterocycles. The first-order valence-corrected chi connectivity index (χ1v) is 7.16. The van der Waals surface area contributed by atoms with Gasteiger partial charge in [0.05, 0.1) is 11.1 Å². The molecule has 2 aromatic carbocycles. The van der Waals surface area contributed by atoms with Crippen molar-refractivity contribution in [2.24, 2.45) is 20.4 Å². The van der Waals surface area contributed by atoms with Gasteiger partial charge in [-0.2, -0.15) is 10.2 Å². The first-order valence-electron chi connectivity index (χ1n) is 7.16. The van der Waals surface area contributed by atoms with Crippen LogP contribution in [0.15, 0.2) is 69.0 Å². The predicted molar refractivity (Wildman–Crippen MR) is 88.4 cm³/mol. The van der Waals surface area contributed by atoms with Crippen molar-refractivity contribution < 1.29 is 10.0 Å². The number of hydrogen-bond donors (Lipinski definition) is 1. The Morgan fingerprint density at radius 2 is 2.04 bits per heavy atom. The molecule has 1 atom stereocenters. The Hall–Kier alpha value is -3.42. The number of non-ortho nitro benzene ring substituents is 1. The van der Waals surface area contributed by atoms with Crippen LogP contribution >= 0.6 is 0 Å². The monoisotopic (exact) mass is 323 g/mol. The minimum absolute atomic E-state index is 0.0774. The first-order chi connectivity index (χ1) is 11.6. The highest BCUT2D eigenvalue weighted by molar-refractivity contribution is 5.87. The van der Waals surface area contributed by atoms with Crippen LogP contribution in [0.1, 0.15) is 23.6 Å². The second-order valence-corrected chi connectivity index (χ2v) is 5.11. The Morgan fingerprint density at radius 3 is 2.79 bits per heavy atom. The van der Waals surface area contributed by atoms with E-state index in [0.717, 1.165) is 5.56 Å². The van der Waals surface area contributed by atoms with Crippen LogP contribution in [-0.2, 0) is 0 Å². The Morgan fingerprint density at radius 1 is 1.25 bits per heavy atom. The summed E-state index contributed by atoms with van der Waals surface area (Å²) in [4.78, 5) is 10.2. The molecule has 3 rings (SSSR count). The molecule has 8 nitrogen and oxygen atoms in total. The van der Waals surface area contributed by atoms with E-state index in [-0.39, 0.29) is 23.0 Å². The molecular weight excluding hydrogens is 310 g/mol. The standard InChI is InChI=1S/C16H13N5O3/c22-15-7-6-13(21(23)24)8-12(15)10-17-19-16-9-14(18-20-16)11-4-2-1-3-5-11/h1-8,10,14,22H,9H2/b17-10+,19-16+/t14-/m1/s1. The average molecular weight is 323 g/mol. The number of rotatable bonds is 4. The van der Waals surface area contributed by atoms with Crippen LogP contribution in [0, 0.1) is 10.1 Å². The van der Waals surface area contributed by atoms with Crippen LogP contribution in [0.25, 0.3) is 0 Å². The van der Waals surface area contributed by atoms with E-state index in [4.69, 9.17) is 0 Å². The smallest absolute Gasteiger partial charge is 0.270 e. The molecule has 1 N–H and O–H groups in total. The highest BCUT2D eigenvalue weighted by Crippen LogP contribution is 2.27. The molecule has 1 aliphatic heterocycles. The van der Waals surface area contributed by atoms with Gasteiger partial charge in [-0.1, -0.05) is 30.3 Å². The maximum atomic E-state index is 10.7. The van der Waals surface area contributed by atoms with Gasteiger partial charge in [-0.25, -0.2) is 0 Å². The van der Waals surface area contributed by atoms with E-state index in [2.05, 4.69) is 20.4 Å².